The molecule has 1 atom stereocenters. The highest BCUT2D eigenvalue weighted by Crippen LogP contribution is 2.28. The Hall–Kier alpha value is -2.44. The molecule has 6 nitrogen and oxygen atoms in total. The zero-order valence-electron chi connectivity index (χ0n) is 15.5. The number of aromatic nitrogens is 2. The first-order valence-corrected chi connectivity index (χ1v) is 8.94. The van der Waals surface area contributed by atoms with Crippen molar-refractivity contribution in [2.75, 3.05) is 24.5 Å². The van der Waals surface area contributed by atoms with Crippen LogP contribution in [0.25, 0.3) is 10.9 Å². The second kappa shape index (κ2) is 7.43. The van der Waals surface area contributed by atoms with E-state index in [2.05, 4.69) is 20.2 Å². The number of piperidine rings is 1. The highest BCUT2D eigenvalue weighted by molar-refractivity contribution is 5.89. The Balaban J connectivity index is 1.68. The number of nitrogens with one attached hydrogen (secondary N) is 1. The topological polar surface area (TPSA) is 67.3 Å². The van der Waals surface area contributed by atoms with E-state index < -0.39 is 11.7 Å². The van der Waals surface area contributed by atoms with Gasteiger partial charge in [-0.25, -0.2) is 19.2 Å². The maximum Gasteiger partial charge on any atom is 0.407 e. The lowest BCUT2D eigenvalue weighted by Crippen LogP contribution is -2.42. The van der Waals surface area contributed by atoms with E-state index in [0.717, 1.165) is 31.7 Å². The second-order valence-corrected chi connectivity index (χ2v) is 7.67. The highest BCUT2D eigenvalue weighted by Gasteiger charge is 2.24. The quantitative estimate of drug-likeness (QED) is 0.907. The average molecular weight is 360 g/mol. The van der Waals surface area contributed by atoms with Gasteiger partial charge < -0.3 is 15.0 Å². The lowest BCUT2D eigenvalue weighted by atomic mass is 9.97. The fraction of sp³-hybridized carbons (Fsp3) is 0.526. The van der Waals surface area contributed by atoms with E-state index in [1.807, 2.05) is 26.8 Å². The number of para-hydroxylation sites is 1. The molecule has 0 aliphatic carbocycles. The van der Waals surface area contributed by atoms with Gasteiger partial charge in [-0.3, -0.25) is 0 Å². The molecular weight excluding hydrogens is 335 g/mol. The normalized spacial score (nSPS) is 18.0. The number of fused-ring (bicyclic) bond motifs is 1. The van der Waals surface area contributed by atoms with Crippen molar-refractivity contribution >= 4 is 22.8 Å². The largest absolute Gasteiger partial charge is 0.444 e. The fourth-order valence-electron chi connectivity index (χ4n) is 3.26. The number of benzene rings is 1. The molecular formula is C19H25FN4O2. The lowest BCUT2D eigenvalue weighted by Gasteiger charge is -2.34. The number of hydrogen-bond donors (Lipinski definition) is 1. The Kier molecular flexibility index (Phi) is 5.25. The van der Waals surface area contributed by atoms with E-state index in [0.29, 0.717) is 17.4 Å². The molecule has 26 heavy (non-hydrogen) atoms. The van der Waals surface area contributed by atoms with Crippen molar-refractivity contribution in [1.29, 1.82) is 0 Å². The van der Waals surface area contributed by atoms with Crippen molar-refractivity contribution in [3.8, 4) is 0 Å². The number of rotatable bonds is 3. The third-order valence-electron chi connectivity index (χ3n) is 4.35. The van der Waals surface area contributed by atoms with Gasteiger partial charge in [-0.1, -0.05) is 6.07 Å². The molecule has 1 aliphatic rings. The molecule has 7 heteroatoms. The number of nitrogens with zero attached hydrogens (tertiary/aromatic N) is 3. The van der Waals surface area contributed by atoms with Crippen molar-refractivity contribution in [2.24, 2.45) is 5.92 Å². The summed E-state index contributed by atoms with van der Waals surface area (Å²) in [4.78, 5) is 22.5. The summed E-state index contributed by atoms with van der Waals surface area (Å²) in [6, 6.07) is 4.93. The molecule has 1 unspecified atom stereocenters. The Morgan fingerprint density at radius 2 is 2.19 bits per heavy atom. The Morgan fingerprint density at radius 1 is 1.38 bits per heavy atom. The van der Waals surface area contributed by atoms with Gasteiger partial charge in [0.2, 0.25) is 0 Å². The number of ether oxygens (including phenoxy) is 1. The molecule has 1 aromatic carbocycles. The standard InChI is InChI=1S/C19H25FN4O2/c1-19(2,3)26-18(25)21-10-13-6-5-9-24(11-13)17-14-7-4-8-15(20)16(14)22-12-23-17/h4,7-8,12-13H,5-6,9-11H2,1-3H3,(H,21,25). The summed E-state index contributed by atoms with van der Waals surface area (Å²) in [6.45, 7) is 7.67. The predicted octanol–water partition coefficient (Wildman–Crippen LogP) is 3.51. The molecule has 3 rings (SSSR count). The molecule has 0 spiro atoms. The van der Waals surface area contributed by atoms with E-state index in [1.165, 1.54) is 12.4 Å². The van der Waals surface area contributed by atoms with E-state index in [4.69, 9.17) is 4.74 Å². The number of hydrogen-bond acceptors (Lipinski definition) is 5. The van der Waals surface area contributed by atoms with Crippen molar-refractivity contribution < 1.29 is 13.9 Å². The third kappa shape index (κ3) is 4.39. The number of alkyl carbamates (subject to hydrolysis) is 1. The van der Waals surface area contributed by atoms with Crippen LogP contribution in [-0.4, -0.2) is 41.3 Å². The van der Waals surface area contributed by atoms with Gasteiger partial charge in [0.25, 0.3) is 0 Å². The minimum absolute atomic E-state index is 0.287. The molecule has 1 aliphatic heterocycles. The molecule has 140 valence electrons. The van der Waals surface area contributed by atoms with Gasteiger partial charge in [0.1, 0.15) is 29.1 Å². The molecule has 2 aromatic rings. The third-order valence-corrected chi connectivity index (χ3v) is 4.35. The van der Waals surface area contributed by atoms with Crippen LogP contribution < -0.4 is 10.2 Å². The molecule has 0 radical (unpaired) electrons. The Labute approximate surface area is 152 Å². The van der Waals surface area contributed by atoms with Gasteiger partial charge in [0.05, 0.1) is 0 Å². The number of amides is 1. The summed E-state index contributed by atoms with van der Waals surface area (Å²) < 4.78 is 19.3. The molecule has 0 saturated carbocycles. The lowest BCUT2D eigenvalue weighted by molar-refractivity contribution is 0.0517. The number of anilines is 1. The summed E-state index contributed by atoms with van der Waals surface area (Å²) in [5.74, 6) is 0.692. The van der Waals surface area contributed by atoms with Crippen LogP contribution >= 0.6 is 0 Å². The van der Waals surface area contributed by atoms with Crippen LogP contribution in [0.1, 0.15) is 33.6 Å². The fourth-order valence-corrected chi connectivity index (χ4v) is 3.26. The number of carbonyl (C=O) groups excluding carboxylic acids is 1. The second-order valence-electron chi connectivity index (χ2n) is 7.67. The first-order valence-electron chi connectivity index (χ1n) is 8.94. The minimum Gasteiger partial charge on any atom is -0.444 e. The Bertz CT molecular complexity index is 791. The predicted molar refractivity (Wildman–Crippen MR) is 98.7 cm³/mol. The van der Waals surface area contributed by atoms with Gasteiger partial charge >= 0.3 is 6.09 Å². The van der Waals surface area contributed by atoms with Gasteiger partial charge in [0.15, 0.2) is 0 Å². The highest BCUT2D eigenvalue weighted by atomic mass is 19.1. The van der Waals surface area contributed by atoms with E-state index in [9.17, 15) is 9.18 Å². The van der Waals surface area contributed by atoms with E-state index in [1.54, 1.807) is 6.07 Å². The summed E-state index contributed by atoms with van der Waals surface area (Å²) in [5.41, 5.74) is -0.168. The van der Waals surface area contributed by atoms with Crippen LogP contribution in [0.4, 0.5) is 15.0 Å². The average Bonchev–Trinajstić information content (AvgIpc) is 2.59. The summed E-state index contributed by atoms with van der Waals surface area (Å²) in [7, 11) is 0. The van der Waals surface area contributed by atoms with Crippen molar-refractivity contribution in [1.82, 2.24) is 15.3 Å². The SMILES string of the molecule is CC(C)(C)OC(=O)NCC1CCCN(c2ncnc3c(F)cccc23)C1. The molecule has 1 N–H and O–H groups in total. The molecule has 1 saturated heterocycles. The van der Waals surface area contributed by atoms with Crippen molar-refractivity contribution in [3.63, 3.8) is 0 Å². The summed E-state index contributed by atoms with van der Waals surface area (Å²) in [5, 5.41) is 3.56. The maximum absolute atomic E-state index is 14.0. The molecule has 1 amide bonds. The number of halogens is 1. The molecule has 0 bridgehead atoms. The van der Waals surface area contributed by atoms with Crippen molar-refractivity contribution in [2.45, 2.75) is 39.2 Å². The first-order chi connectivity index (χ1) is 12.3. The van der Waals surface area contributed by atoms with Crippen LogP contribution in [0.3, 0.4) is 0 Å². The van der Waals surface area contributed by atoms with Gasteiger partial charge in [-0.2, -0.15) is 0 Å². The number of carbonyl (C=O) groups is 1. The van der Waals surface area contributed by atoms with Gasteiger partial charge in [-0.05, 0) is 51.7 Å². The maximum atomic E-state index is 14.0. The Morgan fingerprint density at radius 3 is 2.96 bits per heavy atom. The van der Waals surface area contributed by atoms with Crippen molar-refractivity contribution in [3.05, 3.63) is 30.3 Å². The first kappa shape index (κ1) is 18.4. The van der Waals surface area contributed by atoms with Crippen LogP contribution in [0, 0.1) is 11.7 Å². The van der Waals surface area contributed by atoms with Crippen LogP contribution in [0.15, 0.2) is 24.5 Å². The van der Waals surface area contributed by atoms with Crippen LogP contribution in [0.2, 0.25) is 0 Å². The zero-order chi connectivity index (χ0) is 18.7. The van der Waals surface area contributed by atoms with Crippen LogP contribution in [-0.2, 0) is 4.74 Å². The molecule has 1 fully saturated rings. The molecule has 2 heterocycles. The monoisotopic (exact) mass is 360 g/mol. The van der Waals surface area contributed by atoms with Gasteiger partial charge in [-0.15, -0.1) is 0 Å². The van der Waals surface area contributed by atoms with Gasteiger partial charge in [0, 0.05) is 25.0 Å². The van der Waals surface area contributed by atoms with E-state index in [-0.39, 0.29) is 11.7 Å². The summed E-state index contributed by atoms with van der Waals surface area (Å²) >= 11 is 0. The minimum atomic E-state index is -0.507. The smallest absolute Gasteiger partial charge is 0.407 e. The summed E-state index contributed by atoms with van der Waals surface area (Å²) in [6.07, 6.45) is 3.01. The van der Waals surface area contributed by atoms with E-state index >= 15 is 0 Å². The van der Waals surface area contributed by atoms with Crippen LogP contribution in [0.5, 0.6) is 0 Å². The zero-order valence-corrected chi connectivity index (χ0v) is 15.5. The molecule has 1 aromatic heterocycles.